The molecule has 3 rings (SSSR count). The zero-order chi connectivity index (χ0) is 13.9. The standard InChI is InChI=1S/C18H32O/c1-13-7-8-15-17(4)11-6-10-16(2,3)14(17)9-12-18(15,5)19-13/h13-15H,6-12H2,1-5H3/t13-,14+,15?,17+,18-/m1/s1. The van der Waals surface area contributed by atoms with E-state index in [1.807, 2.05) is 0 Å². The third-order valence-corrected chi connectivity index (χ3v) is 7.07. The molecule has 0 N–H and O–H groups in total. The van der Waals surface area contributed by atoms with Crippen molar-refractivity contribution in [3.05, 3.63) is 0 Å². The smallest absolute Gasteiger partial charge is 0.0691 e. The van der Waals surface area contributed by atoms with Crippen molar-refractivity contribution in [2.75, 3.05) is 0 Å². The molecule has 0 bridgehead atoms. The predicted octanol–water partition coefficient (Wildman–Crippen LogP) is 5.19. The first-order chi connectivity index (χ1) is 8.78. The third kappa shape index (κ3) is 1.99. The lowest BCUT2D eigenvalue weighted by atomic mass is 9.44. The Bertz CT molecular complexity index is 361. The average Bonchev–Trinajstić information content (AvgIpc) is 2.25. The van der Waals surface area contributed by atoms with Crippen molar-refractivity contribution < 1.29 is 4.74 Å². The molecule has 0 aromatic carbocycles. The lowest BCUT2D eigenvalue weighted by molar-refractivity contribution is -0.232. The van der Waals surface area contributed by atoms with Gasteiger partial charge in [-0.15, -0.1) is 0 Å². The normalized spacial score (nSPS) is 53.2. The summed E-state index contributed by atoms with van der Waals surface area (Å²) in [5.41, 5.74) is 1.22. The summed E-state index contributed by atoms with van der Waals surface area (Å²) in [6.45, 7) is 12.3. The van der Waals surface area contributed by atoms with E-state index in [-0.39, 0.29) is 5.60 Å². The molecule has 1 nitrogen and oxygen atoms in total. The second kappa shape index (κ2) is 4.23. The number of rotatable bonds is 0. The molecule has 0 aromatic heterocycles. The fourth-order valence-corrected chi connectivity index (χ4v) is 6.30. The van der Waals surface area contributed by atoms with E-state index in [0.29, 0.717) is 16.9 Å². The van der Waals surface area contributed by atoms with E-state index < -0.39 is 0 Å². The minimum Gasteiger partial charge on any atom is -0.372 e. The van der Waals surface area contributed by atoms with Gasteiger partial charge in [-0.1, -0.05) is 27.2 Å². The molecule has 2 aliphatic carbocycles. The van der Waals surface area contributed by atoms with Gasteiger partial charge in [0, 0.05) is 0 Å². The fourth-order valence-electron chi connectivity index (χ4n) is 6.30. The summed E-state index contributed by atoms with van der Waals surface area (Å²) in [5.74, 6) is 1.69. The quantitative estimate of drug-likeness (QED) is 0.585. The van der Waals surface area contributed by atoms with Crippen molar-refractivity contribution in [3.63, 3.8) is 0 Å². The number of fused-ring (bicyclic) bond motifs is 3. The molecular formula is C18H32O. The van der Waals surface area contributed by atoms with Crippen LogP contribution >= 0.6 is 0 Å². The third-order valence-electron chi connectivity index (χ3n) is 7.07. The fraction of sp³-hybridized carbons (Fsp3) is 1.00. The van der Waals surface area contributed by atoms with Gasteiger partial charge in [-0.05, 0) is 75.0 Å². The van der Waals surface area contributed by atoms with E-state index in [2.05, 4.69) is 34.6 Å². The lowest BCUT2D eigenvalue weighted by Gasteiger charge is -2.64. The van der Waals surface area contributed by atoms with Crippen molar-refractivity contribution in [2.24, 2.45) is 22.7 Å². The summed E-state index contributed by atoms with van der Waals surface area (Å²) in [6, 6.07) is 0. The zero-order valence-electron chi connectivity index (χ0n) is 13.6. The van der Waals surface area contributed by atoms with Crippen molar-refractivity contribution in [1.82, 2.24) is 0 Å². The molecule has 5 atom stereocenters. The Labute approximate surface area is 119 Å². The molecule has 3 fully saturated rings. The molecule has 3 aliphatic rings. The van der Waals surface area contributed by atoms with Gasteiger partial charge < -0.3 is 4.74 Å². The van der Waals surface area contributed by atoms with Gasteiger partial charge in [-0.3, -0.25) is 0 Å². The van der Waals surface area contributed by atoms with E-state index in [0.717, 1.165) is 11.8 Å². The van der Waals surface area contributed by atoms with E-state index >= 15 is 0 Å². The molecule has 2 saturated carbocycles. The summed E-state index contributed by atoms with van der Waals surface area (Å²) in [7, 11) is 0. The number of hydrogen-bond acceptors (Lipinski definition) is 1. The van der Waals surface area contributed by atoms with Gasteiger partial charge in [0.1, 0.15) is 0 Å². The Kier molecular flexibility index (Phi) is 3.10. The van der Waals surface area contributed by atoms with E-state index in [1.165, 1.54) is 44.9 Å². The summed E-state index contributed by atoms with van der Waals surface area (Å²) >= 11 is 0. The molecule has 1 heteroatoms. The topological polar surface area (TPSA) is 9.23 Å². The van der Waals surface area contributed by atoms with Gasteiger partial charge in [0.15, 0.2) is 0 Å². The number of ether oxygens (including phenoxy) is 1. The predicted molar refractivity (Wildman–Crippen MR) is 80.1 cm³/mol. The molecule has 1 saturated heterocycles. The Balaban J connectivity index is 1.94. The highest BCUT2D eigenvalue weighted by Crippen LogP contribution is 2.64. The second-order valence-corrected chi connectivity index (χ2v) is 8.81. The van der Waals surface area contributed by atoms with Crippen LogP contribution in [0.15, 0.2) is 0 Å². The summed E-state index contributed by atoms with van der Waals surface area (Å²) in [6.07, 6.45) is 10.1. The van der Waals surface area contributed by atoms with Crippen LogP contribution in [0.1, 0.15) is 79.6 Å². The van der Waals surface area contributed by atoms with Crippen LogP contribution < -0.4 is 0 Å². The summed E-state index contributed by atoms with van der Waals surface area (Å²) < 4.78 is 6.46. The lowest BCUT2D eigenvalue weighted by Crippen LogP contribution is -2.60. The molecule has 1 unspecified atom stereocenters. The highest BCUT2D eigenvalue weighted by molar-refractivity contribution is 5.09. The molecular weight excluding hydrogens is 232 g/mol. The van der Waals surface area contributed by atoms with Gasteiger partial charge in [-0.2, -0.15) is 0 Å². The highest BCUT2D eigenvalue weighted by atomic mass is 16.5. The second-order valence-electron chi connectivity index (χ2n) is 8.81. The van der Waals surface area contributed by atoms with Crippen LogP contribution in [-0.4, -0.2) is 11.7 Å². The van der Waals surface area contributed by atoms with Crippen LogP contribution in [0.4, 0.5) is 0 Å². The van der Waals surface area contributed by atoms with Gasteiger partial charge in [0.25, 0.3) is 0 Å². The van der Waals surface area contributed by atoms with Crippen LogP contribution in [0, 0.1) is 22.7 Å². The Morgan fingerprint density at radius 3 is 2.32 bits per heavy atom. The molecule has 110 valence electrons. The Morgan fingerprint density at radius 1 is 0.842 bits per heavy atom. The summed E-state index contributed by atoms with van der Waals surface area (Å²) in [4.78, 5) is 0. The molecule has 0 amide bonds. The van der Waals surface area contributed by atoms with E-state index in [9.17, 15) is 0 Å². The SMILES string of the molecule is C[C@@H]1CCC2[C@@](C)(CC[C@H]3C(C)(C)CCC[C@]23C)O1. The molecule has 19 heavy (non-hydrogen) atoms. The van der Waals surface area contributed by atoms with Crippen molar-refractivity contribution in [2.45, 2.75) is 91.3 Å². The number of hydrogen-bond donors (Lipinski definition) is 0. The zero-order valence-corrected chi connectivity index (χ0v) is 13.6. The van der Waals surface area contributed by atoms with Gasteiger partial charge in [0.2, 0.25) is 0 Å². The first kappa shape index (κ1) is 13.9. The highest BCUT2D eigenvalue weighted by Gasteiger charge is 2.59. The largest absolute Gasteiger partial charge is 0.372 e. The van der Waals surface area contributed by atoms with Crippen LogP contribution in [0.3, 0.4) is 0 Å². The van der Waals surface area contributed by atoms with Crippen LogP contribution in [0.5, 0.6) is 0 Å². The summed E-state index contributed by atoms with van der Waals surface area (Å²) in [5, 5.41) is 0. The minimum atomic E-state index is 0.163. The van der Waals surface area contributed by atoms with Crippen LogP contribution in [0.25, 0.3) is 0 Å². The van der Waals surface area contributed by atoms with Crippen molar-refractivity contribution in [3.8, 4) is 0 Å². The van der Waals surface area contributed by atoms with E-state index in [4.69, 9.17) is 4.74 Å². The monoisotopic (exact) mass is 264 g/mol. The van der Waals surface area contributed by atoms with Gasteiger partial charge in [-0.25, -0.2) is 0 Å². The maximum atomic E-state index is 6.46. The molecule has 0 aromatic rings. The molecule has 1 heterocycles. The molecule has 1 aliphatic heterocycles. The molecule has 0 radical (unpaired) electrons. The van der Waals surface area contributed by atoms with Crippen LogP contribution in [-0.2, 0) is 4.74 Å². The molecule has 0 spiro atoms. The maximum absolute atomic E-state index is 6.46. The Hall–Kier alpha value is -0.0400. The maximum Gasteiger partial charge on any atom is 0.0691 e. The Morgan fingerprint density at radius 2 is 1.58 bits per heavy atom. The van der Waals surface area contributed by atoms with Crippen molar-refractivity contribution >= 4 is 0 Å². The minimum absolute atomic E-state index is 0.163. The first-order valence-electron chi connectivity index (χ1n) is 8.46. The van der Waals surface area contributed by atoms with Gasteiger partial charge in [0.05, 0.1) is 11.7 Å². The van der Waals surface area contributed by atoms with Gasteiger partial charge >= 0.3 is 0 Å². The first-order valence-corrected chi connectivity index (χ1v) is 8.46. The van der Waals surface area contributed by atoms with Crippen molar-refractivity contribution in [1.29, 1.82) is 0 Å². The van der Waals surface area contributed by atoms with E-state index in [1.54, 1.807) is 0 Å². The van der Waals surface area contributed by atoms with Crippen LogP contribution in [0.2, 0.25) is 0 Å². The average molecular weight is 264 g/mol.